The summed E-state index contributed by atoms with van der Waals surface area (Å²) in [7, 11) is 0. The minimum absolute atomic E-state index is 0.0706. The van der Waals surface area contributed by atoms with Crippen molar-refractivity contribution < 1.29 is 9.59 Å². The third-order valence-electron chi connectivity index (χ3n) is 1.86. The van der Waals surface area contributed by atoms with Crippen LogP contribution < -0.4 is 5.32 Å². The van der Waals surface area contributed by atoms with Crippen molar-refractivity contribution in [1.29, 1.82) is 0 Å². The molecule has 0 aromatic heterocycles. The Morgan fingerprint density at radius 3 is 2.67 bits per heavy atom. The van der Waals surface area contributed by atoms with Crippen molar-refractivity contribution in [3.8, 4) is 0 Å². The lowest BCUT2D eigenvalue weighted by atomic mass is 10.1. The highest BCUT2D eigenvalue weighted by atomic mass is 16.2. The van der Waals surface area contributed by atoms with Gasteiger partial charge in [0.2, 0.25) is 12.2 Å². The van der Waals surface area contributed by atoms with Gasteiger partial charge in [-0.25, -0.2) is 0 Å². The molecule has 1 rings (SSSR count). The molecule has 1 amide bonds. The largest absolute Gasteiger partial charge is 0.345 e. The van der Waals surface area contributed by atoms with Gasteiger partial charge in [0, 0.05) is 5.57 Å². The molecule has 0 spiro atoms. The maximum Gasteiger partial charge on any atom is 0.247 e. The SMILES string of the molecule is CC(=Cc1ccccc1)C(=O)NC[C]=O. The van der Waals surface area contributed by atoms with Gasteiger partial charge in [-0.1, -0.05) is 30.3 Å². The van der Waals surface area contributed by atoms with Gasteiger partial charge in [-0.05, 0) is 18.6 Å². The lowest BCUT2D eigenvalue weighted by Gasteiger charge is -2.00. The summed E-state index contributed by atoms with van der Waals surface area (Å²) in [6, 6.07) is 9.52. The van der Waals surface area contributed by atoms with E-state index in [4.69, 9.17) is 0 Å². The zero-order valence-corrected chi connectivity index (χ0v) is 8.49. The predicted octanol–water partition coefficient (Wildman–Crippen LogP) is 1.32. The van der Waals surface area contributed by atoms with Gasteiger partial charge >= 0.3 is 0 Å². The Morgan fingerprint density at radius 1 is 1.40 bits per heavy atom. The van der Waals surface area contributed by atoms with E-state index in [1.807, 2.05) is 30.3 Å². The second-order valence-corrected chi connectivity index (χ2v) is 3.07. The van der Waals surface area contributed by atoms with Crippen molar-refractivity contribution in [3.63, 3.8) is 0 Å². The minimum atomic E-state index is -0.248. The molecule has 3 nitrogen and oxygen atoms in total. The summed E-state index contributed by atoms with van der Waals surface area (Å²) in [5.41, 5.74) is 1.52. The first-order valence-corrected chi connectivity index (χ1v) is 4.60. The van der Waals surface area contributed by atoms with Gasteiger partial charge < -0.3 is 5.32 Å². The summed E-state index contributed by atoms with van der Waals surface area (Å²) in [6.45, 7) is 1.63. The molecule has 0 saturated heterocycles. The standard InChI is InChI=1S/C12H12NO2/c1-10(12(15)13-7-8-14)9-11-5-3-2-4-6-11/h2-6,9H,7H2,1H3,(H,13,15). The first kappa shape index (κ1) is 11.2. The first-order chi connectivity index (χ1) is 7.24. The van der Waals surface area contributed by atoms with Gasteiger partial charge in [-0.2, -0.15) is 0 Å². The summed E-state index contributed by atoms with van der Waals surface area (Å²) in [5.74, 6) is -0.248. The molecule has 1 N–H and O–H groups in total. The van der Waals surface area contributed by atoms with Crippen LogP contribution in [0.4, 0.5) is 0 Å². The summed E-state index contributed by atoms with van der Waals surface area (Å²) < 4.78 is 0. The number of rotatable bonds is 4. The monoisotopic (exact) mass is 202 g/mol. The molecular weight excluding hydrogens is 190 g/mol. The third-order valence-corrected chi connectivity index (χ3v) is 1.86. The second-order valence-electron chi connectivity index (χ2n) is 3.07. The highest BCUT2D eigenvalue weighted by molar-refractivity contribution is 5.97. The molecule has 1 radical (unpaired) electrons. The first-order valence-electron chi connectivity index (χ1n) is 4.60. The smallest absolute Gasteiger partial charge is 0.247 e. The number of carbonyl (C=O) groups excluding carboxylic acids is 2. The van der Waals surface area contributed by atoms with Gasteiger partial charge in [-0.15, -0.1) is 0 Å². The van der Waals surface area contributed by atoms with Gasteiger partial charge in [-0.3, -0.25) is 9.59 Å². The molecule has 0 aliphatic rings. The van der Waals surface area contributed by atoms with E-state index >= 15 is 0 Å². The van der Waals surface area contributed by atoms with E-state index in [-0.39, 0.29) is 12.5 Å². The van der Waals surface area contributed by atoms with Gasteiger partial charge in [0.25, 0.3) is 0 Å². The molecule has 0 saturated carbocycles. The molecule has 15 heavy (non-hydrogen) atoms. The topological polar surface area (TPSA) is 46.2 Å². The molecule has 0 fully saturated rings. The fourth-order valence-electron chi connectivity index (χ4n) is 1.12. The van der Waals surface area contributed by atoms with E-state index in [9.17, 15) is 9.59 Å². The number of amides is 1. The summed E-state index contributed by atoms with van der Waals surface area (Å²) in [5, 5.41) is 2.42. The Hall–Kier alpha value is -1.90. The van der Waals surface area contributed by atoms with E-state index in [1.54, 1.807) is 19.3 Å². The molecule has 0 atom stereocenters. The van der Waals surface area contributed by atoms with Gasteiger partial charge in [0.1, 0.15) is 0 Å². The van der Waals surface area contributed by atoms with Crippen molar-refractivity contribution in [1.82, 2.24) is 5.32 Å². The maximum absolute atomic E-state index is 11.3. The van der Waals surface area contributed by atoms with Crippen LogP contribution in [0.2, 0.25) is 0 Å². The molecule has 0 aliphatic heterocycles. The number of hydrogen-bond donors (Lipinski definition) is 1. The molecule has 0 aliphatic carbocycles. The van der Waals surface area contributed by atoms with Crippen LogP contribution in [0.5, 0.6) is 0 Å². The van der Waals surface area contributed by atoms with Crippen LogP contribution >= 0.6 is 0 Å². The Bertz CT molecular complexity index is 368. The number of benzene rings is 1. The van der Waals surface area contributed by atoms with Crippen LogP contribution in [-0.2, 0) is 9.59 Å². The Morgan fingerprint density at radius 2 is 2.07 bits per heavy atom. The van der Waals surface area contributed by atoms with Crippen LogP contribution in [0.25, 0.3) is 6.08 Å². The Kier molecular flexibility index (Phi) is 4.29. The second kappa shape index (κ2) is 5.75. The molecule has 0 bridgehead atoms. The van der Waals surface area contributed by atoms with Crippen molar-refractivity contribution in [2.75, 3.05) is 6.54 Å². The average Bonchev–Trinajstić information content (AvgIpc) is 2.27. The summed E-state index contributed by atoms with van der Waals surface area (Å²) in [4.78, 5) is 21.3. The Labute approximate surface area is 88.8 Å². The molecule has 0 unspecified atom stereocenters. The third kappa shape index (κ3) is 3.77. The van der Waals surface area contributed by atoms with E-state index in [0.29, 0.717) is 5.57 Å². The van der Waals surface area contributed by atoms with Crippen LogP contribution in [0.3, 0.4) is 0 Å². The minimum Gasteiger partial charge on any atom is -0.345 e. The fourth-order valence-corrected chi connectivity index (χ4v) is 1.12. The van der Waals surface area contributed by atoms with Crippen LogP contribution in [0, 0.1) is 0 Å². The normalized spacial score (nSPS) is 10.9. The highest BCUT2D eigenvalue weighted by Crippen LogP contribution is 2.05. The van der Waals surface area contributed by atoms with Gasteiger partial charge in [0.05, 0.1) is 6.54 Å². The van der Waals surface area contributed by atoms with E-state index in [1.165, 1.54) is 0 Å². The van der Waals surface area contributed by atoms with Crippen molar-refractivity contribution in [2.45, 2.75) is 6.92 Å². The fraction of sp³-hybridized carbons (Fsp3) is 0.167. The maximum atomic E-state index is 11.3. The molecule has 0 heterocycles. The molecule has 77 valence electrons. The molecule has 1 aromatic rings. The van der Waals surface area contributed by atoms with Crippen LogP contribution in [0.15, 0.2) is 35.9 Å². The lowest BCUT2D eigenvalue weighted by Crippen LogP contribution is -2.25. The average molecular weight is 202 g/mol. The molecular formula is C12H12NO2. The zero-order valence-electron chi connectivity index (χ0n) is 8.49. The number of nitrogens with one attached hydrogen (secondary N) is 1. The number of carbonyl (C=O) groups is 1. The van der Waals surface area contributed by atoms with E-state index in [2.05, 4.69) is 5.32 Å². The predicted molar refractivity (Wildman–Crippen MR) is 58.8 cm³/mol. The quantitative estimate of drug-likeness (QED) is 0.748. The molecule has 3 heteroatoms. The lowest BCUT2D eigenvalue weighted by molar-refractivity contribution is -0.117. The van der Waals surface area contributed by atoms with E-state index < -0.39 is 0 Å². The van der Waals surface area contributed by atoms with Gasteiger partial charge in [0.15, 0.2) is 0 Å². The highest BCUT2D eigenvalue weighted by Gasteiger charge is 2.02. The zero-order chi connectivity index (χ0) is 11.1. The molecule has 1 aromatic carbocycles. The Balaban J connectivity index is 2.67. The van der Waals surface area contributed by atoms with Crippen LogP contribution in [-0.4, -0.2) is 18.7 Å². The van der Waals surface area contributed by atoms with Crippen molar-refractivity contribution in [3.05, 3.63) is 41.5 Å². The van der Waals surface area contributed by atoms with Crippen LogP contribution in [0.1, 0.15) is 12.5 Å². The van der Waals surface area contributed by atoms with Crippen molar-refractivity contribution >= 4 is 18.3 Å². The van der Waals surface area contributed by atoms with E-state index in [0.717, 1.165) is 5.56 Å². The summed E-state index contributed by atoms with van der Waals surface area (Å²) >= 11 is 0. The van der Waals surface area contributed by atoms with Crippen molar-refractivity contribution in [2.24, 2.45) is 0 Å². The number of hydrogen-bond acceptors (Lipinski definition) is 2. The summed E-state index contributed by atoms with van der Waals surface area (Å²) in [6.07, 6.45) is 3.37.